The Morgan fingerprint density at radius 2 is 2.00 bits per heavy atom. The van der Waals surface area contributed by atoms with Crippen LogP contribution in [0.3, 0.4) is 0 Å². The normalized spacial score (nSPS) is 14.7. The van der Waals surface area contributed by atoms with Gasteiger partial charge in [0, 0.05) is 6.42 Å². The molecule has 0 aliphatic heterocycles. The zero-order valence-electron chi connectivity index (χ0n) is 12.1. The van der Waals surface area contributed by atoms with Gasteiger partial charge in [-0.2, -0.15) is 0 Å². The molecule has 2 atom stereocenters. The Morgan fingerprint density at radius 3 is 2.68 bits per heavy atom. The molecule has 1 aromatic carbocycles. The Balaban J connectivity index is 2.36. The van der Waals surface area contributed by atoms with Crippen molar-refractivity contribution < 1.29 is 5.11 Å². The van der Waals surface area contributed by atoms with E-state index in [1.165, 1.54) is 0 Å². The number of para-hydroxylation sites is 2. The fourth-order valence-corrected chi connectivity index (χ4v) is 2.38. The van der Waals surface area contributed by atoms with Gasteiger partial charge in [-0.05, 0) is 24.5 Å². The van der Waals surface area contributed by atoms with Crippen molar-refractivity contribution in [3.05, 3.63) is 30.1 Å². The van der Waals surface area contributed by atoms with Crippen LogP contribution in [0.1, 0.15) is 39.4 Å². The van der Waals surface area contributed by atoms with Crippen molar-refractivity contribution in [2.75, 3.05) is 0 Å². The summed E-state index contributed by atoms with van der Waals surface area (Å²) in [5, 5.41) is 10.3. The van der Waals surface area contributed by atoms with Crippen LogP contribution in [0.5, 0.6) is 0 Å². The molecule has 0 saturated heterocycles. The van der Waals surface area contributed by atoms with E-state index in [9.17, 15) is 5.11 Å². The van der Waals surface area contributed by atoms with Crippen LogP contribution in [0.25, 0.3) is 11.0 Å². The number of fused-ring (bicyclic) bond motifs is 1. The van der Waals surface area contributed by atoms with Crippen LogP contribution in [0.15, 0.2) is 24.3 Å². The Hall–Kier alpha value is -1.35. The van der Waals surface area contributed by atoms with Gasteiger partial charge in [-0.25, -0.2) is 4.98 Å². The molecule has 3 nitrogen and oxygen atoms in total. The maximum absolute atomic E-state index is 10.3. The molecule has 2 unspecified atom stereocenters. The topological polar surface area (TPSA) is 38.0 Å². The molecule has 1 heterocycles. The average molecular weight is 260 g/mol. The van der Waals surface area contributed by atoms with E-state index in [0.717, 1.165) is 36.1 Å². The second-order valence-corrected chi connectivity index (χ2v) is 5.33. The number of aryl methyl sites for hydroxylation is 1. The van der Waals surface area contributed by atoms with Gasteiger partial charge >= 0.3 is 0 Å². The molecule has 0 bridgehead atoms. The standard InChI is InChI=1S/C16H24N2O/c1-4-8-16-17-13-9-6-7-10-14(13)18(16)11-15(19)12(3)5-2/h6-7,9-10,12,15,19H,4-5,8,11H2,1-3H3. The molecule has 0 fully saturated rings. The minimum absolute atomic E-state index is 0.307. The fraction of sp³-hybridized carbons (Fsp3) is 0.562. The van der Waals surface area contributed by atoms with Gasteiger partial charge in [-0.15, -0.1) is 0 Å². The molecule has 3 heteroatoms. The van der Waals surface area contributed by atoms with Crippen molar-refractivity contribution in [3.8, 4) is 0 Å². The van der Waals surface area contributed by atoms with Crippen molar-refractivity contribution in [2.24, 2.45) is 5.92 Å². The molecule has 104 valence electrons. The van der Waals surface area contributed by atoms with Crippen molar-refractivity contribution in [1.29, 1.82) is 0 Å². The number of aliphatic hydroxyl groups excluding tert-OH is 1. The summed E-state index contributed by atoms with van der Waals surface area (Å²) in [6, 6.07) is 8.18. The summed E-state index contributed by atoms with van der Waals surface area (Å²) in [4.78, 5) is 4.69. The first kappa shape index (κ1) is 14.1. The lowest BCUT2D eigenvalue weighted by atomic mass is 10.0. The highest BCUT2D eigenvalue weighted by atomic mass is 16.3. The molecule has 1 N–H and O–H groups in total. The lowest BCUT2D eigenvalue weighted by Crippen LogP contribution is -2.24. The zero-order valence-corrected chi connectivity index (χ0v) is 12.1. The summed E-state index contributed by atoms with van der Waals surface area (Å²) < 4.78 is 2.19. The Bertz CT molecular complexity index is 533. The van der Waals surface area contributed by atoms with E-state index in [1.54, 1.807) is 0 Å². The second-order valence-electron chi connectivity index (χ2n) is 5.33. The van der Waals surface area contributed by atoms with E-state index in [4.69, 9.17) is 4.98 Å². The largest absolute Gasteiger partial charge is 0.391 e. The predicted octanol–water partition coefficient (Wildman–Crippen LogP) is 3.40. The van der Waals surface area contributed by atoms with Gasteiger partial charge in [0.1, 0.15) is 5.82 Å². The monoisotopic (exact) mass is 260 g/mol. The van der Waals surface area contributed by atoms with Crippen molar-refractivity contribution >= 4 is 11.0 Å². The summed E-state index contributed by atoms with van der Waals surface area (Å²) in [7, 11) is 0. The van der Waals surface area contributed by atoms with Crippen molar-refractivity contribution in [1.82, 2.24) is 9.55 Å². The summed E-state index contributed by atoms with van der Waals surface area (Å²) >= 11 is 0. The number of benzene rings is 1. The highest BCUT2D eigenvalue weighted by Crippen LogP contribution is 2.19. The van der Waals surface area contributed by atoms with E-state index < -0.39 is 0 Å². The molecule has 0 aliphatic carbocycles. The van der Waals surface area contributed by atoms with Gasteiger partial charge in [0.25, 0.3) is 0 Å². The van der Waals surface area contributed by atoms with Gasteiger partial charge < -0.3 is 9.67 Å². The zero-order chi connectivity index (χ0) is 13.8. The van der Waals surface area contributed by atoms with Crippen molar-refractivity contribution in [3.63, 3.8) is 0 Å². The molecular weight excluding hydrogens is 236 g/mol. The summed E-state index contributed by atoms with van der Waals surface area (Å²) in [6.07, 6.45) is 2.72. The minimum atomic E-state index is -0.307. The Morgan fingerprint density at radius 1 is 1.26 bits per heavy atom. The van der Waals surface area contributed by atoms with E-state index in [0.29, 0.717) is 12.5 Å². The van der Waals surface area contributed by atoms with Crippen LogP contribution < -0.4 is 0 Å². The number of imidazole rings is 1. The molecule has 0 saturated carbocycles. The Kier molecular flexibility index (Phi) is 4.59. The van der Waals surface area contributed by atoms with Crippen LogP contribution in [0.4, 0.5) is 0 Å². The first-order valence-corrected chi connectivity index (χ1v) is 7.29. The lowest BCUT2D eigenvalue weighted by molar-refractivity contribution is 0.0968. The number of aromatic nitrogens is 2. The molecule has 2 aromatic rings. The second kappa shape index (κ2) is 6.20. The maximum Gasteiger partial charge on any atom is 0.109 e. The lowest BCUT2D eigenvalue weighted by Gasteiger charge is -2.19. The number of hydrogen-bond acceptors (Lipinski definition) is 2. The van der Waals surface area contributed by atoms with Gasteiger partial charge in [-0.3, -0.25) is 0 Å². The first-order chi connectivity index (χ1) is 9.17. The van der Waals surface area contributed by atoms with Crippen LogP contribution in [0, 0.1) is 5.92 Å². The molecule has 2 rings (SSSR count). The van der Waals surface area contributed by atoms with E-state index in [1.807, 2.05) is 18.2 Å². The van der Waals surface area contributed by atoms with Crippen LogP contribution >= 0.6 is 0 Å². The van der Waals surface area contributed by atoms with E-state index >= 15 is 0 Å². The van der Waals surface area contributed by atoms with E-state index in [-0.39, 0.29) is 6.10 Å². The summed E-state index contributed by atoms with van der Waals surface area (Å²) in [5.74, 6) is 1.40. The molecule has 1 aromatic heterocycles. The van der Waals surface area contributed by atoms with Gasteiger partial charge in [0.15, 0.2) is 0 Å². The van der Waals surface area contributed by atoms with Crippen LogP contribution in [0.2, 0.25) is 0 Å². The maximum atomic E-state index is 10.3. The third-order valence-corrected chi connectivity index (χ3v) is 3.88. The summed E-state index contributed by atoms with van der Waals surface area (Å²) in [6.45, 7) is 7.02. The molecular formula is C16H24N2O. The average Bonchev–Trinajstić information content (AvgIpc) is 2.76. The quantitative estimate of drug-likeness (QED) is 0.864. The third kappa shape index (κ3) is 2.98. The summed E-state index contributed by atoms with van der Waals surface area (Å²) in [5.41, 5.74) is 2.16. The van der Waals surface area contributed by atoms with Crippen LogP contribution in [-0.4, -0.2) is 20.8 Å². The third-order valence-electron chi connectivity index (χ3n) is 3.88. The number of hydrogen-bond donors (Lipinski definition) is 1. The van der Waals surface area contributed by atoms with Gasteiger partial charge in [-0.1, -0.05) is 39.3 Å². The highest BCUT2D eigenvalue weighted by Gasteiger charge is 2.17. The Labute approximate surface area is 115 Å². The van der Waals surface area contributed by atoms with E-state index in [2.05, 4.69) is 31.4 Å². The predicted molar refractivity (Wildman–Crippen MR) is 79.2 cm³/mol. The molecule has 0 aliphatic rings. The minimum Gasteiger partial charge on any atom is -0.391 e. The van der Waals surface area contributed by atoms with Crippen molar-refractivity contribution in [2.45, 2.75) is 52.7 Å². The highest BCUT2D eigenvalue weighted by molar-refractivity contribution is 5.75. The van der Waals surface area contributed by atoms with Gasteiger partial charge in [0.2, 0.25) is 0 Å². The smallest absolute Gasteiger partial charge is 0.109 e. The first-order valence-electron chi connectivity index (χ1n) is 7.29. The SMILES string of the molecule is CCCc1nc2ccccc2n1CC(O)C(C)CC. The molecule has 0 amide bonds. The van der Waals surface area contributed by atoms with Crippen LogP contribution in [-0.2, 0) is 13.0 Å². The number of rotatable bonds is 6. The number of aliphatic hydroxyl groups is 1. The number of nitrogens with zero attached hydrogens (tertiary/aromatic N) is 2. The molecule has 19 heavy (non-hydrogen) atoms. The molecule has 0 radical (unpaired) electrons. The van der Waals surface area contributed by atoms with Gasteiger partial charge in [0.05, 0.1) is 23.7 Å². The molecule has 0 spiro atoms. The fourth-order valence-electron chi connectivity index (χ4n) is 2.38.